The molecular weight excluding hydrogens is 381 g/mol. The Kier molecular flexibility index (Phi) is 7.43. The van der Waals surface area contributed by atoms with E-state index >= 15 is 0 Å². The Morgan fingerprint density at radius 1 is 1.36 bits per heavy atom. The summed E-state index contributed by atoms with van der Waals surface area (Å²) in [6.07, 6.45) is 0.771. The molecule has 1 fully saturated rings. The summed E-state index contributed by atoms with van der Waals surface area (Å²) < 4.78 is 0. The average molecular weight is 405 g/mol. The molecule has 1 aromatic rings. The van der Waals surface area contributed by atoms with Crippen LogP contribution in [-0.2, 0) is 4.79 Å². The second-order valence-corrected chi connectivity index (χ2v) is 8.35. The SMILES string of the molecule is CC[C@H]1SC[C@H](C(=O)NCC[NH+](C)C)N1C(=O)c1ccc(Cl)cc1Cl. The van der Waals surface area contributed by atoms with Gasteiger partial charge in [0.15, 0.2) is 0 Å². The average Bonchev–Trinajstić information content (AvgIpc) is 2.97. The number of quaternary nitrogens is 1. The number of halogens is 2. The fraction of sp³-hybridized carbons (Fsp3) is 0.529. The van der Waals surface area contributed by atoms with Crippen LogP contribution in [0.1, 0.15) is 23.7 Å². The van der Waals surface area contributed by atoms with Crippen molar-refractivity contribution in [1.29, 1.82) is 0 Å². The van der Waals surface area contributed by atoms with E-state index in [1.54, 1.807) is 34.9 Å². The highest BCUT2D eigenvalue weighted by molar-refractivity contribution is 8.00. The predicted molar refractivity (Wildman–Crippen MR) is 104 cm³/mol. The summed E-state index contributed by atoms with van der Waals surface area (Å²) in [5, 5.41) is 3.69. The zero-order valence-electron chi connectivity index (χ0n) is 14.6. The van der Waals surface area contributed by atoms with Crippen molar-refractivity contribution in [2.24, 2.45) is 0 Å². The molecule has 1 saturated heterocycles. The zero-order valence-corrected chi connectivity index (χ0v) is 17.0. The molecule has 1 aromatic carbocycles. The molecule has 2 atom stereocenters. The summed E-state index contributed by atoms with van der Waals surface area (Å²) in [5.74, 6) is 0.260. The number of rotatable bonds is 6. The number of nitrogens with zero attached hydrogens (tertiary/aromatic N) is 1. The molecule has 1 aliphatic rings. The molecule has 2 N–H and O–H groups in total. The van der Waals surface area contributed by atoms with E-state index in [1.807, 2.05) is 21.0 Å². The van der Waals surface area contributed by atoms with E-state index in [-0.39, 0.29) is 17.2 Å². The van der Waals surface area contributed by atoms with Crippen molar-refractivity contribution in [3.8, 4) is 0 Å². The predicted octanol–water partition coefficient (Wildman–Crippen LogP) is 1.55. The van der Waals surface area contributed by atoms with Crippen LogP contribution in [0.3, 0.4) is 0 Å². The van der Waals surface area contributed by atoms with Crippen LogP contribution in [0.15, 0.2) is 18.2 Å². The summed E-state index contributed by atoms with van der Waals surface area (Å²) in [6, 6.07) is 4.33. The molecule has 0 spiro atoms. The van der Waals surface area contributed by atoms with E-state index in [0.717, 1.165) is 13.0 Å². The Morgan fingerprint density at radius 3 is 2.68 bits per heavy atom. The molecule has 1 aliphatic heterocycles. The molecule has 2 amide bonds. The number of carbonyl (C=O) groups is 2. The van der Waals surface area contributed by atoms with Crippen LogP contribution in [-0.4, -0.2) is 61.1 Å². The van der Waals surface area contributed by atoms with Crippen molar-refractivity contribution in [2.75, 3.05) is 32.9 Å². The monoisotopic (exact) mass is 404 g/mol. The smallest absolute Gasteiger partial charge is 0.256 e. The lowest BCUT2D eigenvalue weighted by atomic mass is 10.1. The molecule has 2 rings (SSSR count). The van der Waals surface area contributed by atoms with Gasteiger partial charge >= 0.3 is 0 Å². The Hall–Kier alpha value is -0.950. The van der Waals surface area contributed by atoms with Crippen LogP contribution in [0, 0.1) is 0 Å². The highest BCUT2D eigenvalue weighted by Crippen LogP contribution is 2.34. The molecule has 25 heavy (non-hydrogen) atoms. The molecule has 138 valence electrons. The summed E-state index contributed by atoms with van der Waals surface area (Å²) in [7, 11) is 4.06. The van der Waals surface area contributed by atoms with Gasteiger partial charge in [0.25, 0.3) is 5.91 Å². The van der Waals surface area contributed by atoms with Crippen molar-refractivity contribution in [3.63, 3.8) is 0 Å². The number of carbonyl (C=O) groups excluding carboxylic acids is 2. The number of hydrogen-bond donors (Lipinski definition) is 2. The second-order valence-electron chi connectivity index (χ2n) is 6.30. The maximum atomic E-state index is 13.0. The Bertz CT molecular complexity index is 642. The first-order valence-electron chi connectivity index (χ1n) is 8.31. The Morgan fingerprint density at radius 2 is 2.08 bits per heavy atom. The van der Waals surface area contributed by atoms with Gasteiger partial charge in [0.2, 0.25) is 5.91 Å². The van der Waals surface area contributed by atoms with Crippen LogP contribution in [0.25, 0.3) is 0 Å². The minimum atomic E-state index is -0.480. The third-order valence-electron chi connectivity index (χ3n) is 4.06. The maximum absolute atomic E-state index is 13.0. The largest absolute Gasteiger partial charge is 0.349 e. The van der Waals surface area contributed by atoms with E-state index in [4.69, 9.17) is 23.2 Å². The third kappa shape index (κ3) is 5.03. The van der Waals surface area contributed by atoms with Gasteiger partial charge in [0, 0.05) is 10.8 Å². The molecule has 0 unspecified atom stereocenters. The molecule has 1 heterocycles. The van der Waals surface area contributed by atoms with E-state index in [1.165, 1.54) is 4.90 Å². The van der Waals surface area contributed by atoms with Crippen LogP contribution >= 0.6 is 35.0 Å². The molecule has 0 radical (unpaired) electrons. The van der Waals surface area contributed by atoms with Gasteiger partial charge in [-0.25, -0.2) is 0 Å². The summed E-state index contributed by atoms with van der Waals surface area (Å²) in [4.78, 5) is 28.6. The lowest BCUT2D eigenvalue weighted by Gasteiger charge is -2.28. The summed E-state index contributed by atoms with van der Waals surface area (Å²) >= 11 is 13.7. The van der Waals surface area contributed by atoms with Gasteiger partial charge in [-0.2, -0.15) is 0 Å². The van der Waals surface area contributed by atoms with Crippen molar-refractivity contribution in [1.82, 2.24) is 10.2 Å². The van der Waals surface area contributed by atoms with Crippen LogP contribution in [0.5, 0.6) is 0 Å². The topological polar surface area (TPSA) is 53.9 Å². The number of likely N-dealkylation sites (N-methyl/N-ethyl adjacent to an activating group) is 1. The van der Waals surface area contributed by atoms with Gasteiger partial charge in [-0.15, -0.1) is 11.8 Å². The van der Waals surface area contributed by atoms with E-state index in [9.17, 15) is 9.59 Å². The lowest BCUT2D eigenvalue weighted by Crippen LogP contribution is -3.06. The lowest BCUT2D eigenvalue weighted by molar-refractivity contribution is -0.856. The molecule has 0 bridgehead atoms. The molecule has 5 nitrogen and oxygen atoms in total. The molecule has 0 aliphatic carbocycles. The minimum absolute atomic E-state index is 0.0329. The van der Waals surface area contributed by atoms with E-state index < -0.39 is 6.04 Å². The molecule has 0 saturated carbocycles. The number of hydrogen-bond acceptors (Lipinski definition) is 3. The fourth-order valence-electron chi connectivity index (χ4n) is 2.71. The van der Waals surface area contributed by atoms with Gasteiger partial charge in [-0.05, 0) is 24.6 Å². The number of thioether (sulfide) groups is 1. The summed E-state index contributed by atoms with van der Waals surface area (Å²) in [5.41, 5.74) is 0.377. The van der Waals surface area contributed by atoms with E-state index in [2.05, 4.69) is 5.32 Å². The van der Waals surface area contributed by atoms with Crippen molar-refractivity contribution in [3.05, 3.63) is 33.8 Å². The first kappa shape index (κ1) is 20.4. The van der Waals surface area contributed by atoms with Crippen LogP contribution < -0.4 is 10.2 Å². The van der Waals surface area contributed by atoms with Gasteiger partial charge in [0.1, 0.15) is 6.04 Å². The second kappa shape index (κ2) is 9.12. The number of nitrogens with one attached hydrogen (secondary N) is 2. The molecule has 8 heteroatoms. The highest BCUT2D eigenvalue weighted by Gasteiger charge is 2.41. The number of amides is 2. The highest BCUT2D eigenvalue weighted by atomic mass is 35.5. The first-order valence-corrected chi connectivity index (χ1v) is 10.1. The zero-order chi connectivity index (χ0) is 18.6. The van der Waals surface area contributed by atoms with Gasteiger partial charge in [0.05, 0.1) is 43.1 Å². The number of benzene rings is 1. The fourth-order valence-corrected chi connectivity index (χ4v) is 4.55. The normalized spacial score (nSPS) is 20.2. The van der Waals surface area contributed by atoms with Gasteiger partial charge in [-0.3, -0.25) is 9.59 Å². The Balaban J connectivity index is 2.18. The first-order chi connectivity index (χ1) is 11.8. The summed E-state index contributed by atoms with van der Waals surface area (Å²) in [6.45, 7) is 3.43. The molecule has 0 aromatic heterocycles. The van der Waals surface area contributed by atoms with E-state index in [0.29, 0.717) is 27.9 Å². The van der Waals surface area contributed by atoms with Crippen molar-refractivity contribution >= 4 is 46.8 Å². The standard InChI is InChI=1S/C17H23Cl2N3O2S/c1-4-15-22(17(24)12-6-5-11(18)9-13(12)19)14(10-25-15)16(23)20-7-8-21(2)3/h5-6,9,14-15H,4,7-8,10H2,1-3H3,(H,20,23)/p+1/t14-,15-/m1/s1. The van der Waals surface area contributed by atoms with Crippen LogP contribution in [0.4, 0.5) is 0 Å². The minimum Gasteiger partial charge on any atom is -0.349 e. The third-order valence-corrected chi connectivity index (χ3v) is 6.07. The molecular formula is C17H24Cl2N3O2S+. The maximum Gasteiger partial charge on any atom is 0.256 e. The quantitative estimate of drug-likeness (QED) is 0.755. The Labute approximate surface area is 163 Å². The van der Waals surface area contributed by atoms with Crippen molar-refractivity contribution in [2.45, 2.75) is 24.8 Å². The van der Waals surface area contributed by atoms with Crippen molar-refractivity contribution < 1.29 is 14.5 Å². The van der Waals surface area contributed by atoms with Gasteiger partial charge < -0.3 is 15.1 Å². The van der Waals surface area contributed by atoms with Crippen LogP contribution in [0.2, 0.25) is 10.0 Å². The van der Waals surface area contributed by atoms with Gasteiger partial charge in [-0.1, -0.05) is 30.1 Å².